The Hall–Kier alpha value is -1.35. The molecule has 0 radical (unpaired) electrons. The van der Waals surface area contributed by atoms with Crippen LogP contribution in [0.4, 0.5) is 0 Å². The summed E-state index contributed by atoms with van der Waals surface area (Å²) in [5, 5.41) is 12.5. The number of carbonyl (C=O) groups is 1. The number of aliphatic hydroxyl groups is 1. The van der Waals surface area contributed by atoms with E-state index in [9.17, 15) is 9.90 Å². The van der Waals surface area contributed by atoms with Crippen LogP contribution in [0.25, 0.3) is 0 Å². The van der Waals surface area contributed by atoms with Crippen molar-refractivity contribution < 1.29 is 9.90 Å². The molecule has 2 unspecified atom stereocenters. The van der Waals surface area contributed by atoms with E-state index >= 15 is 0 Å². The molecule has 3 atom stereocenters. The molecule has 2 saturated carbocycles. The van der Waals surface area contributed by atoms with Crippen LogP contribution in [0.5, 0.6) is 0 Å². The van der Waals surface area contributed by atoms with Crippen molar-refractivity contribution in [2.24, 2.45) is 17.8 Å². The molecule has 2 aliphatic rings. The molecule has 3 nitrogen and oxygen atoms in total. The first-order valence-electron chi connectivity index (χ1n) is 7.74. The average molecular weight is 273 g/mol. The van der Waals surface area contributed by atoms with Gasteiger partial charge in [0.25, 0.3) is 0 Å². The van der Waals surface area contributed by atoms with Crippen molar-refractivity contribution in [2.75, 3.05) is 6.61 Å². The largest absolute Gasteiger partial charge is 0.394 e. The lowest BCUT2D eigenvalue weighted by atomic mass is 10.0. The highest BCUT2D eigenvalue weighted by Crippen LogP contribution is 2.55. The summed E-state index contributed by atoms with van der Waals surface area (Å²) in [7, 11) is 0. The lowest BCUT2D eigenvalue weighted by Crippen LogP contribution is -2.40. The molecule has 0 spiro atoms. The first-order chi connectivity index (χ1) is 9.79. The number of benzene rings is 1. The van der Waals surface area contributed by atoms with Gasteiger partial charge in [0.05, 0.1) is 12.6 Å². The predicted octanol–water partition coefficient (Wildman–Crippen LogP) is 2.14. The van der Waals surface area contributed by atoms with Crippen LogP contribution in [0.2, 0.25) is 0 Å². The highest BCUT2D eigenvalue weighted by Gasteiger charge is 2.54. The molecule has 20 heavy (non-hydrogen) atoms. The van der Waals surface area contributed by atoms with Crippen LogP contribution in [0, 0.1) is 17.8 Å². The second-order valence-corrected chi connectivity index (χ2v) is 6.22. The lowest BCUT2D eigenvalue weighted by molar-refractivity contribution is -0.123. The number of aliphatic hydroxyl groups excluding tert-OH is 1. The molecule has 3 rings (SSSR count). The van der Waals surface area contributed by atoms with Gasteiger partial charge < -0.3 is 10.4 Å². The zero-order valence-corrected chi connectivity index (χ0v) is 11.8. The number of nitrogens with one attached hydrogen (secondary N) is 1. The first-order valence-corrected chi connectivity index (χ1v) is 7.74. The number of carbonyl (C=O) groups excluding carboxylic acids is 1. The van der Waals surface area contributed by atoms with Crippen LogP contribution in [0.3, 0.4) is 0 Å². The molecule has 0 aliphatic heterocycles. The number of hydrogen-bond donors (Lipinski definition) is 2. The van der Waals surface area contributed by atoms with E-state index < -0.39 is 0 Å². The number of rotatable bonds is 5. The minimum atomic E-state index is -0.160. The lowest BCUT2D eigenvalue weighted by Gasteiger charge is -2.16. The van der Waals surface area contributed by atoms with Crippen molar-refractivity contribution in [3.8, 4) is 0 Å². The Kier molecular flexibility index (Phi) is 4.06. The molecule has 0 bridgehead atoms. The standard InChI is InChI=1S/C17H23NO2/c19-11-13(10-12-6-2-1-3-7-12)18-17(20)16-14-8-4-5-9-15(14)16/h1-3,6-7,13-16,19H,4-5,8-11H2,(H,18,20)/t13-,14?,15?,16?/m1/s1. The Morgan fingerprint density at radius 2 is 1.85 bits per heavy atom. The van der Waals surface area contributed by atoms with Crippen molar-refractivity contribution in [3.63, 3.8) is 0 Å². The highest BCUT2D eigenvalue weighted by molar-refractivity contribution is 5.82. The monoisotopic (exact) mass is 273 g/mol. The highest BCUT2D eigenvalue weighted by atomic mass is 16.3. The normalized spacial score (nSPS) is 29.4. The van der Waals surface area contributed by atoms with Gasteiger partial charge in [0.2, 0.25) is 5.91 Å². The minimum Gasteiger partial charge on any atom is -0.394 e. The Morgan fingerprint density at radius 3 is 2.45 bits per heavy atom. The smallest absolute Gasteiger partial charge is 0.223 e. The van der Waals surface area contributed by atoms with Crippen LogP contribution < -0.4 is 5.32 Å². The summed E-state index contributed by atoms with van der Waals surface area (Å²) < 4.78 is 0. The number of hydrogen-bond acceptors (Lipinski definition) is 2. The fraction of sp³-hybridized carbons (Fsp3) is 0.588. The van der Waals surface area contributed by atoms with Crippen molar-refractivity contribution >= 4 is 5.91 Å². The van der Waals surface area contributed by atoms with Gasteiger partial charge in [-0.1, -0.05) is 43.2 Å². The second kappa shape index (κ2) is 5.96. The van der Waals surface area contributed by atoms with Gasteiger partial charge in [-0.3, -0.25) is 4.79 Å². The first kappa shape index (κ1) is 13.6. The van der Waals surface area contributed by atoms with Crippen LogP contribution in [0.15, 0.2) is 30.3 Å². The summed E-state index contributed by atoms with van der Waals surface area (Å²) in [5.41, 5.74) is 1.15. The van der Waals surface area contributed by atoms with E-state index in [1.165, 1.54) is 25.7 Å². The third-order valence-electron chi connectivity index (χ3n) is 4.85. The molecule has 1 amide bonds. The Bertz CT molecular complexity index is 447. The third kappa shape index (κ3) is 2.88. The fourth-order valence-electron chi connectivity index (χ4n) is 3.74. The molecule has 1 aromatic rings. The van der Waals surface area contributed by atoms with Gasteiger partial charge in [0.15, 0.2) is 0 Å². The van der Waals surface area contributed by atoms with Crippen LogP contribution in [-0.2, 0) is 11.2 Å². The van der Waals surface area contributed by atoms with E-state index in [1.807, 2.05) is 30.3 Å². The fourth-order valence-corrected chi connectivity index (χ4v) is 3.74. The Balaban J connectivity index is 1.54. The molecular formula is C17H23NO2. The summed E-state index contributed by atoms with van der Waals surface area (Å²) in [6.07, 6.45) is 5.68. The van der Waals surface area contributed by atoms with E-state index in [-0.39, 0.29) is 24.5 Å². The molecular weight excluding hydrogens is 250 g/mol. The molecule has 2 N–H and O–H groups in total. The third-order valence-corrected chi connectivity index (χ3v) is 4.85. The van der Waals surface area contributed by atoms with Gasteiger partial charge in [-0.15, -0.1) is 0 Å². The topological polar surface area (TPSA) is 49.3 Å². The predicted molar refractivity (Wildman–Crippen MR) is 78.1 cm³/mol. The maximum atomic E-state index is 12.3. The van der Waals surface area contributed by atoms with Gasteiger partial charge in [0.1, 0.15) is 0 Å². The molecule has 3 heteroatoms. The molecule has 2 fully saturated rings. The SMILES string of the molecule is O=C(N[C@@H](CO)Cc1ccccc1)C1C2CCCCC21. The van der Waals surface area contributed by atoms with Crippen molar-refractivity contribution in [1.82, 2.24) is 5.32 Å². The minimum absolute atomic E-state index is 0.00267. The number of amides is 1. The van der Waals surface area contributed by atoms with Gasteiger partial charge in [-0.2, -0.15) is 0 Å². The van der Waals surface area contributed by atoms with Crippen LogP contribution in [0.1, 0.15) is 31.2 Å². The molecule has 0 aromatic heterocycles. The summed E-state index contributed by atoms with van der Waals surface area (Å²) in [6.45, 7) is 0.00267. The summed E-state index contributed by atoms with van der Waals surface area (Å²) in [5.74, 6) is 1.64. The van der Waals surface area contributed by atoms with E-state index in [2.05, 4.69) is 5.32 Å². The van der Waals surface area contributed by atoms with Crippen LogP contribution >= 0.6 is 0 Å². The zero-order valence-electron chi connectivity index (χ0n) is 11.8. The van der Waals surface area contributed by atoms with Gasteiger partial charge in [-0.25, -0.2) is 0 Å². The summed E-state index contributed by atoms with van der Waals surface area (Å²) in [6, 6.07) is 9.86. The van der Waals surface area contributed by atoms with E-state index in [4.69, 9.17) is 0 Å². The van der Waals surface area contributed by atoms with Gasteiger partial charge in [0, 0.05) is 5.92 Å². The molecule has 0 heterocycles. The van der Waals surface area contributed by atoms with Crippen molar-refractivity contribution in [2.45, 2.75) is 38.1 Å². The van der Waals surface area contributed by atoms with E-state index in [0.29, 0.717) is 18.3 Å². The zero-order chi connectivity index (χ0) is 13.9. The Labute approximate surface area is 120 Å². The number of fused-ring (bicyclic) bond motifs is 1. The van der Waals surface area contributed by atoms with Gasteiger partial charge in [-0.05, 0) is 36.7 Å². The van der Waals surface area contributed by atoms with Crippen LogP contribution in [-0.4, -0.2) is 23.7 Å². The maximum absolute atomic E-state index is 12.3. The van der Waals surface area contributed by atoms with E-state index in [0.717, 1.165) is 5.56 Å². The van der Waals surface area contributed by atoms with Crippen molar-refractivity contribution in [1.29, 1.82) is 0 Å². The molecule has 108 valence electrons. The maximum Gasteiger partial charge on any atom is 0.223 e. The van der Waals surface area contributed by atoms with E-state index in [1.54, 1.807) is 0 Å². The summed E-state index contributed by atoms with van der Waals surface area (Å²) >= 11 is 0. The quantitative estimate of drug-likeness (QED) is 0.863. The average Bonchev–Trinajstić information content (AvgIpc) is 3.22. The Morgan fingerprint density at radius 1 is 1.20 bits per heavy atom. The van der Waals surface area contributed by atoms with Gasteiger partial charge >= 0.3 is 0 Å². The molecule has 2 aliphatic carbocycles. The second-order valence-electron chi connectivity index (χ2n) is 6.22. The molecule has 1 aromatic carbocycles. The summed E-state index contributed by atoms with van der Waals surface area (Å²) in [4.78, 5) is 12.3. The molecule has 0 saturated heterocycles. The van der Waals surface area contributed by atoms with Crippen molar-refractivity contribution in [3.05, 3.63) is 35.9 Å².